The molecule has 0 unspecified atom stereocenters. The number of hydrogen-bond donors (Lipinski definition) is 0. The van der Waals surface area contributed by atoms with E-state index in [0.717, 1.165) is 11.3 Å². The molecule has 2 aromatic rings. The van der Waals surface area contributed by atoms with Crippen LogP contribution in [0.3, 0.4) is 0 Å². The predicted octanol–water partition coefficient (Wildman–Crippen LogP) is 5.85. The molecular formula is C22H29NOS. The number of nitrogens with zero attached hydrogens (tertiary/aromatic N) is 1. The van der Waals surface area contributed by atoms with Crippen LogP contribution in [-0.2, 0) is 6.54 Å². The van der Waals surface area contributed by atoms with E-state index >= 15 is 0 Å². The molecule has 25 heavy (non-hydrogen) atoms. The van der Waals surface area contributed by atoms with Crippen molar-refractivity contribution in [1.82, 2.24) is 4.90 Å². The second-order valence-electron chi connectivity index (χ2n) is 7.79. The first-order valence-corrected chi connectivity index (χ1v) is 10.3. The molecule has 0 N–H and O–H groups in total. The Hall–Kier alpha value is -1.61. The number of amides is 1. The molecule has 2 nitrogen and oxygen atoms in total. The zero-order valence-corrected chi connectivity index (χ0v) is 16.3. The summed E-state index contributed by atoms with van der Waals surface area (Å²) < 4.78 is 0. The van der Waals surface area contributed by atoms with Gasteiger partial charge < -0.3 is 4.90 Å². The van der Waals surface area contributed by atoms with E-state index in [9.17, 15) is 4.79 Å². The molecule has 1 heterocycles. The van der Waals surface area contributed by atoms with Crippen LogP contribution in [0.15, 0.2) is 47.8 Å². The molecule has 0 saturated heterocycles. The zero-order valence-electron chi connectivity index (χ0n) is 15.5. The van der Waals surface area contributed by atoms with Gasteiger partial charge in [-0.15, -0.1) is 11.3 Å². The van der Waals surface area contributed by atoms with Crippen LogP contribution in [0, 0.1) is 17.8 Å². The van der Waals surface area contributed by atoms with E-state index in [1.807, 2.05) is 23.6 Å². The Bertz CT molecular complexity index is 665. The van der Waals surface area contributed by atoms with Crippen LogP contribution < -0.4 is 0 Å². The van der Waals surface area contributed by atoms with E-state index in [0.29, 0.717) is 30.3 Å². The van der Waals surface area contributed by atoms with Crippen molar-refractivity contribution in [2.45, 2.75) is 52.6 Å². The number of carbonyl (C=O) groups excluding carboxylic acids is 1. The van der Waals surface area contributed by atoms with Gasteiger partial charge in [-0.2, -0.15) is 0 Å². The smallest absolute Gasteiger partial charge is 0.264 e. The molecule has 1 fully saturated rings. The molecule has 3 rings (SSSR count). The summed E-state index contributed by atoms with van der Waals surface area (Å²) in [5.41, 5.74) is 1.22. The molecule has 1 saturated carbocycles. The second-order valence-corrected chi connectivity index (χ2v) is 8.74. The van der Waals surface area contributed by atoms with Gasteiger partial charge in [0.1, 0.15) is 0 Å². The lowest BCUT2D eigenvalue weighted by Crippen LogP contribution is -2.48. The lowest BCUT2D eigenvalue weighted by Gasteiger charge is -2.44. The summed E-state index contributed by atoms with van der Waals surface area (Å²) in [6.45, 7) is 7.66. The predicted molar refractivity (Wildman–Crippen MR) is 106 cm³/mol. The van der Waals surface area contributed by atoms with Gasteiger partial charge in [-0.3, -0.25) is 4.79 Å². The van der Waals surface area contributed by atoms with Crippen molar-refractivity contribution in [3.63, 3.8) is 0 Å². The second kappa shape index (κ2) is 8.18. The summed E-state index contributed by atoms with van der Waals surface area (Å²) in [5.74, 6) is 2.08. The fourth-order valence-electron chi connectivity index (χ4n) is 4.17. The zero-order chi connectivity index (χ0) is 17.8. The lowest BCUT2D eigenvalue weighted by molar-refractivity contribution is 0.0371. The number of rotatable bonds is 5. The largest absolute Gasteiger partial charge is 0.330 e. The number of hydrogen-bond acceptors (Lipinski definition) is 2. The Kier molecular flexibility index (Phi) is 5.95. The van der Waals surface area contributed by atoms with Crippen LogP contribution in [0.1, 0.15) is 55.3 Å². The van der Waals surface area contributed by atoms with Gasteiger partial charge in [-0.1, -0.05) is 63.6 Å². The minimum absolute atomic E-state index is 0.198. The maximum atomic E-state index is 13.3. The van der Waals surface area contributed by atoms with Crippen LogP contribution >= 0.6 is 11.3 Å². The summed E-state index contributed by atoms with van der Waals surface area (Å²) in [6.07, 6.45) is 3.63. The van der Waals surface area contributed by atoms with Crippen molar-refractivity contribution >= 4 is 17.2 Å². The topological polar surface area (TPSA) is 20.3 Å². The molecule has 3 heteroatoms. The molecule has 1 amide bonds. The number of carbonyl (C=O) groups is 1. The molecule has 3 atom stereocenters. The first-order valence-electron chi connectivity index (χ1n) is 9.44. The Morgan fingerprint density at radius 3 is 2.56 bits per heavy atom. The van der Waals surface area contributed by atoms with Crippen LogP contribution in [0.5, 0.6) is 0 Å². The van der Waals surface area contributed by atoms with E-state index in [1.54, 1.807) is 11.3 Å². The maximum absolute atomic E-state index is 13.3. The lowest BCUT2D eigenvalue weighted by atomic mass is 9.73. The molecule has 1 aromatic carbocycles. The van der Waals surface area contributed by atoms with Crippen LogP contribution in [0.2, 0.25) is 0 Å². The first kappa shape index (κ1) is 18.2. The number of thiophene rings is 1. The first-order chi connectivity index (χ1) is 12.1. The molecular weight excluding hydrogens is 326 g/mol. The third kappa shape index (κ3) is 4.33. The van der Waals surface area contributed by atoms with E-state index in [-0.39, 0.29) is 5.91 Å². The molecule has 1 aromatic heterocycles. The van der Waals surface area contributed by atoms with Crippen molar-refractivity contribution in [3.8, 4) is 0 Å². The summed E-state index contributed by atoms with van der Waals surface area (Å²) in [5, 5.41) is 2.00. The summed E-state index contributed by atoms with van der Waals surface area (Å²) in [4.78, 5) is 16.3. The average molecular weight is 356 g/mol. The standard InChI is InChI=1S/C22H29NOS/c1-16(2)19-12-11-17(3)14-20(19)23(15-18-8-5-4-6-9-18)22(24)21-10-7-13-25-21/h4-10,13,16-17,19-20H,11-12,14-15H2,1-3H3/t17-,19+,20+/m0/s1. The van der Waals surface area contributed by atoms with Gasteiger partial charge in [0.05, 0.1) is 4.88 Å². The number of benzene rings is 1. The van der Waals surface area contributed by atoms with Crippen molar-refractivity contribution < 1.29 is 4.79 Å². The maximum Gasteiger partial charge on any atom is 0.264 e. The fraction of sp³-hybridized carbons (Fsp3) is 0.500. The van der Waals surface area contributed by atoms with Crippen molar-refractivity contribution in [3.05, 3.63) is 58.3 Å². The third-order valence-electron chi connectivity index (χ3n) is 5.58. The molecule has 1 aliphatic rings. The minimum atomic E-state index is 0.198. The SMILES string of the molecule is CC(C)[C@H]1CC[C@H](C)C[C@H]1N(Cc1ccccc1)C(=O)c1cccs1. The van der Waals surface area contributed by atoms with Gasteiger partial charge in [0, 0.05) is 12.6 Å². The van der Waals surface area contributed by atoms with E-state index < -0.39 is 0 Å². The summed E-state index contributed by atoms with van der Waals surface area (Å²) >= 11 is 1.55. The molecule has 0 bridgehead atoms. The quantitative estimate of drug-likeness (QED) is 0.658. The molecule has 134 valence electrons. The third-order valence-corrected chi connectivity index (χ3v) is 6.43. The average Bonchev–Trinajstić information content (AvgIpc) is 3.14. The van der Waals surface area contributed by atoms with Crippen molar-refractivity contribution in [1.29, 1.82) is 0 Å². The highest BCUT2D eigenvalue weighted by Gasteiger charge is 2.37. The van der Waals surface area contributed by atoms with E-state index in [2.05, 4.69) is 49.9 Å². The molecule has 1 aliphatic carbocycles. The van der Waals surface area contributed by atoms with E-state index in [1.165, 1.54) is 18.4 Å². The van der Waals surface area contributed by atoms with Gasteiger partial charge >= 0.3 is 0 Å². The minimum Gasteiger partial charge on any atom is -0.330 e. The van der Waals surface area contributed by atoms with E-state index in [4.69, 9.17) is 0 Å². The van der Waals surface area contributed by atoms with Gasteiger partial charge in [0.2, 0.25) is 0 Å². The Morgan fingerprint density at radius 2 is 1.92 bits per heavy atom. The van der Waals surface area contributed by atoms with Gasteiger partial charge in [-0.05, 0) is 47.6 Å². The Labute approximate surface area is 155 Å². The Morgan fingerprint density at radius 1 is 1.16 bits per heavy atom. The highest BCUT2D eigenvalue weighted by molar-refractivity contribution is 7.12. The summed E-state index contributed by atoms with van der Waals surface area (Å²) in [7, 11) is 0. The highest BCUT2D eigenvalue weighted by Crippen LogP contribution is 2.37. The normalized spacial score (nSPS) is 23.6. The van der Waals surface area contributed by atoms with Crippen molar-refractivity contribution in [2.24, 2.45) is 17.8 Å². The summed E-state index contributed by atoms with van der Waals surface area (Å²) in [6, 6.07) is 14.7. The fourth-order valence-corrected chi connectivity index (χ4v) is 4.85. The highest BCUT2D eigenvalue weighted by atomic mass is 32.1. The Balaban J connectivity index is 1.92. The van der Waals surface area contributed by atoms with Gasteiger partial charge in [0.25, 0.3) is 5.91 Å². The van der Waals surface area contributed by atoms with Crippen LogP contribution in [-0.4, -0.2) is 16.8 Å². The monoisotopic (exact) mass is 355 g/mol. The van der Waals surface area contributed by atoms with Crippen molar-refractivity contribution in [2.75, 3.05) is 0 Å². The van der Waals surface area contributed by atoms with Crippen LogP contribution in [0.4, 0.5) is 0 Å². The molecule has 0 spiro atoms. The molecule has 0 aliphatic heterocycles. The van der Waals surface area contributed by atoms with Gasteiger partial charge in [-0.25, -0.2) is 0 Å². The van der Waals surface area contributed by atoms with Crippen LogP contribution in [0.25, 0.3) is 0 Å². The van der Waals surface area contributed by atoms with Gasteiger partial charge in [0.15, 0.2) is 0 Å². The molecule has 0 radical (unpaired) electrons.